The third-order valence-electron chi connectivity index (χ3n) is 10.1. The Balaban J connectivity index is -0.000000133. The number of imide groups is 4. The smallest absolute Gasteiger partial charge is 0.407 e. The van der Waals surface area contributed by atoms with E-state index >= 15 is 0 Å². The number of phosphoric acid groups is 1. The molecule has 15 amide bonds. The molecule has 6 saturated heterocycles. The number of carbonyl (C=O) groups is 15. The zero-order valence-corrected chi connectivity index (χ0v) is 52.2. The number of nitrogens with one attached hydrogen (secondary N) is 7. The van der Waals surface area contributed by atoms with Crippen molar-refractivity contribution in [2.75, 3.05) is 41.1 Å². The number of nitrogens with two attached hydrogens (primary N) is 2. The van der Waals surface area contributed by atoms with Crippen molar-refractivity contribution < 1.29 is 217 Å². The predicted molar refractivity (Wildman–Crippen MR) is 275 cm³/mol. The molecule has 6 rings (SSSR count). The molecule has 544 valence electrons. The molecule has 93 heavy (non-hydrogen) atoms. The number of nitrogens with zero attached hydrogens (tertiary/aromatic N) is 2. The van der Waals surface area contributed by atoms with Crippen LogP contribution in [0.2, 0.25) is 0 Å². The number of aliphatic hydroxyl groups excluding tert-OH is 4. The van der Waals surface area contributed by atoms with Gasteiger partial charge >= 0.3 is 48.4 Å². The molecule has 0 aromatic heterocycles. The van der Waals surface area contributed by atoms with Gasteiger partial charge in [0.15, 0.2) is 12.5 Å². The number of phosphoric ester groups is 1. The quantitative estimate of drug-likeness (QED) is 0.0535. The number of aliphatic hydroxyl groups is 4. The van der Waals surface area contributed by atoms with Crippen LogP contribution in [-0.2, 0) is 119 Å². The minimum atomic E-state index is -5.20. The number of primary amides is 2. The van der Waals surface area contributed by atoms with E-state index in [1.807, 2.05) is 26.6 Å². The molecule has 2 radical (unpaired) electrons. The summed E-state index contributed by atoms with van der Waals surface area (Å²) in [7, 11) is -1.00. The van der Waals surface area contributed by atoms with Gasteiger partial charge < -0.3 is 161 Å². The molecule has 0 spiro atoms. The Kier molecular flexibility index (Phi) is 52.5. The van der Waals surface area contributed by atoms with Crippen molar-refractivity contribution in [3.05, 3.63) is 14.9 Å². The zero-order chi connectivity index (χ0) is 70.5. The topological polar surface area (TPSA) is 808 Å². The van der Waals surface area contributed by atoms with Gasteiger partial charge in [-0.3, -0.25) is 55.0 Å². The number of carboxylic acids is 5. The molecule has 0 aromatic rings. The minimum absolute atomic E-state index is 0. The van der Waals surface area contributed by atoms with Gasteiger partial charge in [-0.25, -0.2) is 28.8 Å². The maximum absolute atomic E-state index is 11.8. The summed E-state index contributed by atoms with van der Waals surface area (Å²) in [5.74, 6) is -9.95. The average Bonchev–Trinajstić information content (AvgIpc) is 1.58. The van der Waals surface area contributed by atoms with Crippen LogP contribution < -0.4 is 78.9 Å². The monoisotopic (exact) mass is 1490 g/mol. The zero-order valence-electron chi connectivity index (χ0n) is 50.2. The maximum atomic E-state index is 11.8. The number of hydrogen-bond donors (Lipinski definition) is 14. The molecule has 0 saturated carbocycles. The van der Waals surface area contributed by atoms with E-state index in [2.05, 4.69) is 25.8 Å². The van der Waals surface area contributed by atoms with Gasteiger partial charge in [0.05, 0.1) is 88.2 Å². The van der Waals surface area contributed by atoms with Crippen LogP contribution in [0.25, 0.3) is 0 Å². The van der Waals surface area contributed by atoms with Crippen LogP contribution in [0.5, 0.6) is 0 Å². The minimum Gasteiger partial charge on any atom is -0.780 e. The largest absolute Gasteiger partial charge is 0.780 e. The Labute approximate surface area is 549 Å². The number of rotatable bonds is 15. The molecule has 6 heterocycles. The Morgan fingerprint density at radius 1 is 0.720 bits per heavy atom. The van der Waals surface area contributed by atoms with Crippen LogP contribution in [0.3, 0.4) is 0 Å². The maximum Gasteiger partial charge on any atom is 0.407 e. The van der Waals surface area contributed by atoms with Gasteiger partial charge in [-0.05, 0) is 9.41 Å². The van der Waals surface area contributed by atoms with E-state index in [1.54, 1.807) is 5.32 Å². The first-order chi connectivity index (χ1) is 41.8. The standard InChI is InChI=1S/C11H16N2O8.C10H16N2O6.C5H8N2O5.2C5H6N2O4.CH4NO5P.CO2.CH5OP.2CH3.2Co.2H2O.H2/c1-20-3-5-7(15)8(16)9(21-5)13-4(10(17)18)2-6(14)12-11(13)19;1-17-4-5-7(14)8(15)9(18-5)12-3-2-6(13)11-10(12)16;6-5(12)7-2(4(10)11)1-3(8)9;2*8-3-1-2(4(9)10)6-5(11)7-3;2-1(3)7-8(4,5)6;2-1-3;1-2-3;;;;;;;/h4-5,7-9,15-16H,2-3H2,1H3,(H,17,18)(H,12,14,19);5,7-9,14-15H,2-4H2,1H3,(H,11,13,16);2H,1H2,(H,8,9)(H,10,11)(H3,6,7,12);2*2H,1H2,(H,9,10)(H2,6,7,8,11);(H2,2,3)(H2,4,5,6);;3H2,1H3;2*1H3;;;2*1H2;1H/q;;;;;;;;2*-1;;;;;/p-6/t4?,5-,7?,8+,9-;5-,7?,8+,9-;;;;;;;;;;;;;/m11............./s1/i;;;;;;;3D;;;;;;;1+1/hD. The molecule has 6 aliphatic heterocycles. The predicted octanol–water partition coefficient (Wildman–Crippen LogP) is -16.7. The van der Waals surface area contributed by atoms with Crippen molar-refractivity contribution in [3.8, 4) is 0 Å². The van der Waals surface area contributed by atoms with Crippen LogP contribution in [-0.4, -0.2) is 258 Å². The van der Waals surface area contributed by atoms with Crippen molar-refractivity contribution >= 4 is 113 Å². The summed E-state index contributed by atoms with van der Waals surface area (Å²) in [6.07, 6.45) is -12.3. The summed E-state index contributed by atoms with van der Waals surface area (Å²) < 4.78 is 48.0. The Morgan fingerprint density at radius 2 is 1.11 bits per heavy atom. The van der Waals surface area contributed by atoms with Gasteiger partial charge in [0.2, 0.25) is 25.1 Å². The van der Waals surface area contributed by atoms with E-state index in [-0.39, 0.29) is 116 Å². The molecular weight excluding hydrogens is 1420 g/mol. The summed E-state index contributed by atoms with van der Waals surface area (Å²) in [5, 5.41) is 103. The second-order valence-electron chi connectivity index (χ2n) is 16.4. The third kappa shape index (κ3) is 39.4. The molecule has 52 heteroatoms. The van der Waals surface area contributed by atoms with Crippen LogP contribution in [0, 0.1) is 14.9 Å². The molecule has 13 atom stereocenters. The van der Waals surface area contributed by atoms with Crippen molar-refractivity contribution in [2.45, 2.75) is 105 Å². The van der Waals surface area contributed by atoms with E-state index < -0.39 is 178 Å². The van der Waals surface area contributed by atoms with Gasteiger partial charge in [-0.15, -0.1) is 0 Å². The van der Waals surface area contributed by atoms with Crippen LogP contribution >= 0.6 is 17.2 Å². The molecule has 20 N–H and O–H groups in total. The molecule has 6 fully saturated rings. The number of methoxy groups -OCH3 is 2. The Bertz CT molecular complexity index is 2510. The van der Waals surface area contributed by atoms with Crippen molar-refractivity contribution in [2.24, 2.45) is 11.5 Å². The molecule has 0 aromatic carbocycles. The number of amides is 15. The Morgan fingerprint density at radius 3 is 1.41 bits per heavy atom. The molecule has 7 unspecified atom stereocenters. The van der Waals surface area contributed by atoms with Crippen LogP contribution in [0.15, 0.2) is 0 Å². The fraction of sp³-hybridized carbons (Fsp3) is 0.561. The number of carbonyl (C=O) groups excluding carboxylic acids is 16. The van der Waals surface area contributed by atoms with Crippen molar-refractivity contribution in [1.82, 2.24) is 47.0 Å². The SMILES string of the molecule is COC[C@H]1O[C@@H](N2C(=O)NC(=O)CC2C(=O)[O-])[C@@H](O)C1O.COC[C@H]1O[C@@H](N2CCC(=O)NC2=O)[C@@H](O)C1O.NC(=O)NC(CC(=O)O)C(=O)[O-].NC(=O)OP(=O)([O-])[O-].O.O=C1CC(C(=O)[O-])NC(=O)N1.O=C1CC(C(=O)[O-])NC(=O)N1.O=C=O.[2HH].[2H]O.[2H]POC.[CH3-].[CH3-].[Co].[Co]. The molecule has 0 aliphatic carbocycles. The second kappa shape index (κ2) is 50.7. The van der Waals surface area contributed by atoms with E-state index in [0.29, 0.717) is 4.90 Å². The second-order valence-corrected chi connectivity index (χ2v) is 17.9. The molecular formula is C41H67Co2N11O37P2-8. The first-order valence-electron chi connectivity index (χ1n) is 24.0. The summed E-state index contributed by atoms with van der Waals surface area (Å²) in [4.78, 5) is 196. The summed E-state index contributed by atoms with van der Waals surface area (Å²) in [5.41, 5.74) is 15.0. The third-order valence-corrected chi connectivity index (χ3v) is 10.5. The summed E-state index contributed by atoms with van der Waals surface area (Å²) >= 11 is 0. The summed E-state index contributed by atoms with van der Waals surface area (Å²) in [6, 6.07) is -9.92. The van der Waals surface area contributed by atoms with Crippen molar-refractivity contribution in [1.29, 1.82) is 1.28 Å². The first-order valence-corrected chi connectivity index (χ1v) is 24.9. The van der Waals surface area contributed by atoms with Gasteiger partial charge in [-0.1, -0.05) is 0 Å². The van der Waals surface area contributed by atoms with Gasteiger partial charge in [0.1, 0.15) is 44.4 Å². The van der Waals surface area contributed by atoms with Gasteiger partial charge in [0.25, 0.3) is 0 Å². The van der Waals surface area contributed by atoms with Crippen molar-refractivity contribution in [3.63, 3.8) is 0 Å². The molecule has 6 aliphatic rings. The normalized spacial score (nSPS) is 24.1. The number of urea groups is 5. The van der Waals surface area contributed by atoms with E-state index in [1.165, 1.54) is 26.2 Å². The first kappa shape index (κ1) is 96.3. The van der Waals surface area contributed by atoms with Gasteiger partial charge in [0, 0.05) is 69.3 Å². The molecule has 48 nitrogen and oxygen atoms in total. The number of hydrogen-bond acceptors (Lipinski definition) is 34. The van der Waals surface area contributed by atoms with Crippen LogP contribution in [0.4, 0.5) is 28.8 Å². The molecule has 0 bridgehead atoms. The van der Waals surface area contributed by atoms with E-state index in [9.17, 15) is 127 Å². The average molecular weight is 1490 g/mol. The fourth-order valence-electron chi connectivity index (χ4n) is 6.66. The number of ether oxygens (including phenoxy) is 4. The van der Waals surface area contributed by atoms with Gasteiger partial charge in [-0.2, -0.15) is 9.59 Å². The van der Waals surface area contributed by atoms with Crippen LogP contribution in [0.1, 0.15) is 35.0 Å². The summed E-state index contributed by atoms with van der Waals surface area (Å²) in [6.45, 7) is 0.209. The Hall–Kier alpha value is -7.82. The fourth-order valence-corrected chi connectivity index (χ4v) is 6.88. The number of aliphatic carboxylic acids is 5. The van der Waals surface area contributed by atoms with E-state index in [4.69, 9.17) is 41.8 Å². The number of carboxylic acid groups (broad SMARTS) is 5. The van der Waals surface area contributed by atoms with E-state index in [0.717, 1.165) is 0 Å².